The zero-order valence-electron chi connectivity index (χ0n) is 13.1. The zero-order valence-corrected chi connectivity index (χ0v) is 13.1. The highest BCUT2D eigenvalue weighted by molar-refractivity contribution is 5.07. The molecule has 0 bridgehead atoms. The largest absolute Gasteiger partial charge is 0.0885 e. The summed E-state index contributed by atoms with van der Waals surface area (Å²) in [4.78, 5) is 0. The molecule has 2 aliphatic rings. The molecule has 0 unspecified atom stereocenters. The Morgan fingerprint density at radius 2 is 1.63 bits per heavy atom. The maximum atomic E-state index is 2.48. The Morgan fingerprint density at radius 1 is 0.947 bits per heavy atom. The topological polar surface area (TPSA) is 0 Å². The molecule has 19 heavy (non-hydrogen) atoms. The standard InChI is InChI=1S/C19H32/c1-3-5-7-17-10-14-19(15-11-17)18-12-8-16(6-4-2)9-13-18/h5,7,17-18H,3-4,6,8-15H2,1-2H3/b7-5+. The van der Waals surface area contributed by atoms with Crippen molar-refractivity contribution < 1.29 is 0 Å². The molecule has 108 valence electrons. The molecule has 2 saturated carbocycles. The van der Waals surface area contributed by atoms with Crippen LogP contribution in [0.1, 0.15) is 84.5 Å². The lowest BCUT2D eigenvalue weighted by atomic mass is 9.68. The molecule has 2 radical (unpaired) electrons. The lowest BCUT2D eigenvalue weighted by Gasteiger charge is -2.36. The van der Waals surface area contributed by atoms with Crippen LogP contribution in [0.4, 0.5) is 0 Å². The third-order valence-electron chi connectivity index (χ3n) is 5.19. The van der Waals surface area contributed by atoms with E-state index in [0.717, 1.165) is 11.8 Å². The van der Waals surface area contributed by atoms with Crippen molar-refractivity contribution in [2.75, 3.05) is 0 Å². The summed E-state index contributed by atoms with van der Waals surface area (Å²) in [6.45, 7) is 4.56. The fourth-order valence-corrected chi connectivity index (χ4v) is 3.98. The Kier molecular flexibility index (Phi) is 6.47. The summed E-state index contributed by atoms with van der Waals surface area (Å²) in [6.07, 6.45) is 20.3. The van der Waals surface area contributed by atoms with E-state index in [0.29, 0.717) is 0 Å². The molecular weight excluding hydrogens is 228 g/mol. The van der Waals surface area contributed by atoms with Gasteiger partial charge in [-0.05, 0) is 87.9 Å². The van der Waals surface area contributed by atoms with Gasteiger partial charge in [0.05, 0.1) is 0 Å². The molecule has 0 aromatic rings. The lowest BCUT2D eigenvalue weighted by Crippen LogP contribution is -2.23. The van der Waals surface area contributed by atoms with Gasteiger partial charge >= 0.3 is 0 Å². The molecule has 0 heteroatoms. The van der Waals surface area contributed by atoms with Crippen LogP contribution >= 0.6 is 0 Å². The normalized spacial score (nSPS) is 25.4. The first-order valence-corrected chi connectivity index (χ1v) is 8.68. The number of rotatable bonds is 5. The zero-order chi connectivity index (χ0) is 13.5. The molecule has 0 spiro atoms. The number of allylic oxidation sites excluding steroid dienone is 2. The second-order valence-corrected chi connectivity index (χ2v) is 6.61. The summed E-state index contributed by atoms with van der Waals surface area (Å²) in [5.41, 5.74) is 0. The predicted octanol–water partition coefficient (Wildman–Crippen LogP) is 6.28. The van der Waals surface area contributed by atoms with Crippen molar-refractivity contribution in [2.45, 2.75) is 84.5 Å². The summed E-state index contributed by atoms with van der Waals surface area (Å²) in [5.74, 6) is 5.65. The summed E-state index contributed by atoms with van der Waals surface area (Å²) in [7, 11) is 0. The minimum Gasteiger partial charge on any atom is -0.0885 e. The third kappa shape index (κ3) is 4.65. The molecule has 0 heterocycles. The SMILES string of the molecule is CC/C=C/C1CC[C](C2CC[C](CCC)CC2)CC1. The first kappa shape index (κ1) is 15.1. The molecule has 0 N–H and O–H groups in total. The van der Waals surface area contributed by atoms with Gasteiger partial charge in [-0.2, -0.15) is 0 Å². The molecule has 2 aliphatic carbocycles. The lowest BCUT2D eigenvalue weighted by molar-refractivity contribution is 0.310. The monoisotopic (exact) mass is 260 g/mol. The summed E-state index contributed by atoms with van der Waals surface area (Å²) >= 11 is 0. The van der Waals surface area contributed by atoms with E-state index in [1.165, 1.54) is 70.6 Å². The highest BCUT2D eigenvalue weighted by atomic mass is 14.3. The molecule has 0 aromatic carbocycles. The number of hydrogen-bond acceptors (Lipinski definition) is 0. The fraction of sp³-hybridized carbons (Fsp3) is 0.789. The highest BCUT2D eigenvalue weighted by Gasteiger charge is 2.30. The van der Waals surface area contributed by atoms with Crippen LogP contribution in [0.15, 0.2) is 12.2 Å². The quantitative estimate of drug-likeness (QED) is 0.510. The van der Waals surface area contributed by atoms with Crippen molar-refractivity contribution in [1.82, 2.24) is 0 Å². The Hall–Kier alpha value is -0.260. The first-order valence-electron chi connectivity index (χ1n) is 8.68. The van der Waals surface area contributed by atoms with E-state index < -0.39 is 0 Å². The van der Waals surface area contributed by atoms with E-state index in [-0.39, 0.29) is 0 Å². The van der Waals surface area contributed by atoms with Crippen molar-refractivity contribution >= 4 is 0 Å². The molecule has 2 fully saturated rings. The molecule has 0 aliphatic heterocycles. The summed E-state index contributed by atoms with van der Waals surface area (Å²) in [5, 5.41) is 0. The van der Waals surface area contributed by atoms with Gasteiger partial charge in [0.2, 0.25) is 0 Å². The second kappa shape index (κ2) is 8.12. The maximum Gasteiger partial charge on any atom is -0.0210 e. The van der Waals surface area contributed by atoms with Crippen LogP contribution in [0, 0.1) is 23.7 Å². The van der Waals surface area contributed by atoms with Crippen molar-refractivity contribution in [2.24, 2.45) is 11.8 Å². The second-order valence-electron chi connectivity index (χ2n) is 6.61. The molecule has 0 atom stereocenters. The van der Waals surface area contributed by atoms with E-state index in [4.69, 9.17) is 0 Å². The molecule has 2 rings (SSSR count). The van der Waals surface area contributed by atoms with Gasteiger partial charge < -0.3 is 0 Å². The van der Waals surface area contributed by atoms with Gasteiger partial charge in [0.1, 0.15) is 0 Å². The smallest absolute Gasteiger partial charge is 0.0210 e. The molecule has 0 amide bonds. The minimum atomic E-state index is 0.884. The molecular formula is C19H32. The van der Waals surface area contributed by atoms with Crippen molar-refractivity contribution in [3.8, 4) is 0 Å². The van der Waals surface area contributed by atoms with E-state index in [9.17, 15) is 0 Å². The highest BCUT2D eigenvalue weighted by Crippen LogP contribution is 2.44. The first-order chi connectivity index (χ1) is 9.33. The minimum absolute atomic E-state index is 0.884. The predicted molar refractivity (Wildman–Crippen MR) is 84.7 cm³/mol. The van der Waals surface area contributed by atoms with Gasteiger partial charge in [-0.25, -0.2) is 0 Å². The van der Waals surface area contributed by atoms with Gasteiger partial charge in [0, 0.05) is 0 Å². The van der Waals surface area contributed by atoms with Gasteiger partial charge in [-0.3, -0.25) is 0 Å². The average molecular weight is 260 g/mol. The Balaban J connectivity index is 1.69. The van der Waals surface area contributed by atoms with E-state index >= 15 is 0 Å². The van der Waals surface area contributed by atoms with Crippen LogP contribution < -0.4 is 0 Å². The van der Waals surface area contributed by atoms with Crippen LogP contribution in [0.2, 0.25) is 0 Å². The molecule has 0 aromatic heterocycles. The van der Waals surface area contributed by atoms with Crippen molar-refractivity contribution in [3.05, 3.63) is 24.0 Å². The van der Waals surface area contributed by atoms with Gasteiger partial charge in [-0.15, -0.1) is 0 Å². The van der Waals surface area contributed by atoms with E-state index in [1.807, 2.05) is 11.8 Å². The fourth-order valence-electron chi connectivity index (χ4n) is 3.98. The van der Waals surface area contributed by atoms with Gasteiger partial charge in [0.15, 0.2) is 0 Å². The average Bonchev–Trinajstić information content (AvgIpc) is 2.47. The summed E-state index contributed by atoms with van der Waals surface area (Å²) in [6, 6.07) is 0. The number of hydrogen-bond donors (Lipinski definition) is 0. The Morgan fingerprint density at radius 3 is 2.21 bits per heavy atom. The van der Waals surface area contributed by atoms with Crippen LogP contribution in [0.25, 0.3) is 0 Å². The Labute approximate surface area is 121 Å². The van der Waals surface area contributed by atoms with Crippen molar-refractivity contribution in [1.29, 1.82) is 0 Å². The van der Waals surface area contributed by atoms with Gasteiger partial charge in [0.25, 0.3) is 0 Å². The third-order valence-corrected chi connectivity index (χ3v) is 5.19. The Bertz CT molecular complexity index is 249. The molecule has 0 nitrogen and oxygen atoms in total. The molecule has 0 saturated heterocycles. The van der Waals surface area contributed by atoms with Crippen molar-refractivity contribution in [3.63, 3.8) is 0 Å². The van der Waals surface area contributed by atoms with Crippen LogP contribution in [-0.2, 0) is 0 Å². The maximum absolute atomic E-state index is 2.48. The summed E-state index contributed by atoms with van der Waals surface area (Å²) < 4.78 is 0. The van der Waals surface area contributed by atoms with Crippen LogP contribution in [0.5, 0.6) is 0 Å². The van der Waals surface area contributed by atoms with Crippen LogP contribution in [-0.4, -0.2) is 0 Å². The van der Waals surface area contributed by atoms with Gasteiger partial charge in [-0.1, -0.05) is 32.4 Å². The van der Waals surface area contributed by atoms with Crippen LogP contribution in [0.3, 0.4) is 0 Å². The van der Waals surface area contributed by atoms with E-state index in [2.05, 4.69) is 26.0 Å². The van der Waals surface area contributed by atoms with E-state index in [1.54, 1.807) is 0 Å².